The van der Waals surface area contributed by atoms with E-state index in [9.17, 15) is 9.59 Å². The van der Waals surface area contributed by atoms with Gasteiger partial charge in [-0.05, 0) is 20.8 Å². The predicted molar refractivity (Wildman–Crippen MR) is 91.7 cm³/mol. The zero-order valence-electron chi connectivity index (χ0n) is 14.5. The summed E-state index contributed by atoms with van der Waals surface area (Å²) < 4.78 is 22.0. The molecule has 2 aromatic rings. The highest BCUT2D eigenvalue weighted by molar-refractivity contribution is 5.95. The number of ether oxygens (including phenoxy) is 4. The van der Waals surface area contributed by atoms with Gasteiger partial charge in [-0.3, -0.25) is 4.79 Å². The summed E-state index contributed by atoms with van der Waals surface area (Å²) in [4.78, 5) is 27.6. The van der Waals surface area contributed by atoms with Gasteiger partial charge in [0.15, 0.2) is 17.6 Å². The van der Waals surface area contributed by atoms with Crippen LogP contribution in [0.1, 0.15) is 29.8 Å². The first-order valence-corrected chi connectivity index (χ1v) is 8.30. The number of H-pyrrole nitrogens is 1. The molecule has 1 aromatic carbocycles. The van der Waals surface area contributed by atoms with Gasteiger partial charge < -0.3 is 23.9 Å². The lowest BCUT2D eigenvalue weighted by Crippen LogP contribution is -2.34. The van der Waals surface area contributed by atoms with Crippen molar-refractivity contribution in [3.8, 4) is 11.5 Å². The minimum absolute atomic E-state index is 0.0247. The van der Waals surface area contributed by atoms with E-state index in [4.69, 9.17) is 18.9 Å². The van der Waals surface area contributed by atoms with Gasteiger partial charge in [-0.25, -0.2) is 4.79 Å². The first kappa shape index (κ1) is 17.3. The lowest BCUT2D eigenvalue weighted by Gasteiger charge is -2.28. The molecule has 25 heavy (non-hydrogen) atoms. The van der Waals surface area contributed by atoms with Crippen molar-refractivity contribution < 1.29 is 23.7 Å². The number of fused-ring (bicyclic) bond motifs is 2. The summed E-state index contributed by atoms with van der Waals surface area (Å²) in [6.45, 7) is 6.97. The minimum Gasteiger partial charge on any atom is -0.485 e. The van der Waals surface area contributed by atoms with Gasteiger partial charge in [0.25, 0.3) is 0 Å². The van der Waals surface area contributed by atoms with Crippen LogP contribution >= 0.6 is 0 Å². The predicted octanol–water partition coefficient (Wildman–Crippen LogP) is 2.19. The molecule has 2 heterocycles. The van der Waals surface area contributed by atoms with Crippen LogP contribution in [0.5, 0.6) is 11.5 Å². The minimum atomic E-state index is -0.642. The number of esters is 1. The Bertz CT molecular complexity index is 857. The van der Waals surface area contributed by atoms with Gasteiger partial charge in [-0.1, -0.05) is 0 Å². The van der Waals surface area contributed by atoms with Crippen LogP contribution in [0.2, 0.25) is 0 Å². The summed E-state index contributed by atoms with van der Waals surface area (Å²) in [5, 5.41) is 0.399. The third-order valence-electron chi connectivity index (χ3n) is 4.04. The third kappa shape index (κ3) is 3.19. The van der Waals surface area contributed by atoms with Crippen LogP contribution in [0.3, 0.4) is 0 Å². The Balaban J connectivity index is 2.04. The fraction of sp³-hybridized carbons (Fsp3) is 0.444. The SMILES string of the molecule is CCOCC1COc2c(cc3[nH]cc(C(=O)OCC)c(=O)c3c2C)O1. The lowest BCUT2D eigenvalue weighted by molar-refractivity contribution is 0.0126. The van der Waals surface area contributed by atoms with Crippen LogP contribution in [0.25, 0.3) is 10.9 Å². The molecule has 1 atom stereocenters. The van der Waals surface area contributed by atoms with Crippen molar-refractivity contribution in [2.75, 3.05) is 26.4 Å². The van der Waals surface area contributed by atoms with Gasteiger partial charge in [-0.2, -0.15) is 0 Å². The maximum Gasteiger partial charge on any atom is 0.343 e. The van der Waals surface area contributed by atoms with E-state index in [0.717, 1.165) is 0 Å². The molecule has 1 aromatic heterocycles. The number of benzene rings is 1. The molecule has 0 fully saturated rings. The van der Waals surface area contributed by atoms with Gasteiger partial charge in [0, 0.05) is 24.4 Å². The van der Waals surface area contributed by atoms with E-state index in [1.165, 1.54) is 6.20 Å². The number of aryl methyl sites for hydroxylation is 1. The molecular formula is C18H21NO6. The topological polar surface area (TPSA) is 86.9 Å². The summed E-state index contributed by atoms with van der Waals surface area (Å²) in [5.41, 5.74) is 0.806. The molecule has 0 bridgehead atoms. The van der Waals surface area contributed by atoms with Crippen LogP contribution in [-0.4, -0.2) is 43.5 Å². The summed E-state index contributed by atoms with van der Waals surface area (Å²) in [5.74, 6) is 0.434. The number of aromatic nitrogens is 1. The summed E-state index contributed by atoms with van der Waals surface area (Å²) in [7, 11) is 0. The van der Waals surface area contributed by atoms with E-state index in [0.29, 0.717) is 47.8 Å². The molecular weight excluding hydrogens is 326 g/mol. The molecule has 0 aliphatic carbocycles. The van der Waals surface area contributed by atoms with Crippen molar-refractivity contribution in [3.63, 3.8) is 0 Å². The molecule has 0 radical (unpaired) electrons. The lowest BCUT2D eigenvalue weighted by atomic mass is 10.0. The van der Waals surface area contributed by atoms with E-state index in [1.54, 1.807) is 19.9 Å². The maximum atomic E-state index is 12.7. The zero-order chi connectivity index (χ0) is 18.0. The molecule has 7 nitrogen and oxygen atoms in total. The quantitative estimate of drug-likeness (QED) is 0.835. The van der Waals surface area contributed by atoms with Crippen molar-refractivity contribution in [3.05, 3.63) is 33.6 Å². The summed E-state index contributed by atoms with van der Waals surface area (Å²) in [6, 6.07) is 1.71. The summed E-state index contributed by atoms with van der Waals surface area (Å²) in [6.07, 6.45) is 1.17. The Hall–Kier alpha value is -2.54. The Labute approximate surface area is 144 Å². The van der Waals surface area contributed by atoms with Crippen molar-refractivity contribution in [2.45, 2.75) is 26.9 Å². The molecule has 0 saturated heterocycles. The van der Waals surface area contributed by atoms with E-state index < -0.39 is 5.97 Å². The van der Waals surface area contributed by atoms with Crippen LogP contribution < -0.4 is 14.9 Å². The molecule has 0 spiro atoms. The fourth-order valence-corrected chi connectivity index (χ4v) is 2.87. The highest BCUT2D eigenvalue weighted by Gasteiger charge is 2.26. The molecule has 1 N–H and O–H groups in total. The second kappa shape index (κ2) is 7.14. The van der Waals surface area contributed by atoms with Crippen LogP contribution in [0, 0.1) is 6.92 Å². The van der Waals surface area contributed by atoms with Gasteiger partial charge >= 0.3 is 5.97 Å². The second-order valence-electron chi connectivity index (χ2n) is 5.71. The van der Waals surface area contributed by atoms with Crippen LogP contribution in [-0.2, 0) is 9.47 Å². The van der Waals surface area contributed by atoms with Crippen LogP contribution in [0.15, 0.2) is 17.1 Å². The number of aromatic amines is 1. The second-order valence-corrected chi connectivity index (χ2v) is 5.71. The Kier molecular flexibility index (Phi) is 4.94. The first-order valence-electron chi connectivity index (χ1n) is 8.30. The van der Waals surface area contributed by atoms with E-state index in [2.05, 4.69) is 4.98 Å². The molecule has 0 saturated carbocycles. The molecule has 1 unspecified atom stereocenters. The summed E-state index contributed by atoms with van der Waals surface area (Å²) >= 11 is 0. The molecule has 1 aliphatic heterocycles. The Morgan fingerprint density at radius 3 is 2.88 bits per heavy atom. The standard InChI is InChI=1S/C18H21NO6/c1-4-22-8-11-9-24-17-10(3)15-13(6-14(17)25-11)19-7-12(16(15)20)18(21)23-5-2/h6-7,11H,4-5,8-9H2,1-3H3,(H,19,20). The van der Waals surface area contributed by atoms with Crippen molar-refractivity contribution in [2.24, 2.45) is 0 Å². The highest BCUT2D eigenvalue weighted by Crippen LogP contribution is 2.38. The fourth-order valence-electron chi connectivity index (χ4n) is 2.87. The third-order valence-corrected chi connectivity index (χ3v) is 4.04. The van der Waals surface area contributed by atoms with E-state index >= 15 is 0 Å². The maximum absolute atomic E-state index is 12.7. The van der Waals surface area contributed by atoms with Crippen molar-refractivity contribution in [1.29, 1.82) is 0 Å². The Morgan fingerprint density at radius 1 is 1.36 bits per heavy atom. The first-order chi connectivity index (χ1) is 12.1. The number of hydrogen-bond donors (Lipinski definition) is 1. The average Bonchev–Trinajstić information content (AvgIpc) is 2.60. The number of rotatable bonds is 5. The zero-order valence-corrected chi connectivity index (χ0v) is 14.5. The largest absolute Gasteiger partial charge is 0.485 e. The van der Waals surface area contributed by atoms with Crippen molar-refractivity contribution in [1.82, 2.24) is 4.98 Å². The average molecular weight is 347 g/mol. The van der Waals surface area contributed by atoms with Gasteiger partial charge in [0.1, 0.15) is 12.2 Å². The number of pyridine rings is 1. The van der Waals surface area contributed by atoms with E-state index in [1.807, 2.05) is 6.92 Å². The van der Waals surface area contributed by atoms with Crippen LogP contribution in [0.4, 0.5) is 0 Å². The Morgan fingerprint density at radius 2 is 2.16 bits per heavy atom. The van der Waals surface area contributed by atoms with Gasteiger partial charge in [0.05, 0.1) is 24.1 Å². The number of carbonyl (C=O) groups is 1. The van der Waals surface area contributed by atoms with Crippen molar-refractivity contribution >= 4 is 16.9 Å². The van der Waals surface area contributed by atoms with Gasteiger partial charge in [0.2, 0.25) is 5.43 Å². The molecule has 134 valence electrons. The highest BCUT2D eigenvalue weighted by atomic mass is 16.6. The molecule has 7 heteroatoms. The monoisotopic (exact) mass is 347 g/mol. The number of carbonyl (C=O) groups excluding carboxylic acids is 1. The van der Waals surface area contributed by atoms with E-state index in [-0.39, 0.29) is 23.7 Å². The number of hydrogen-bond acceptors (Lipinski definition) is 6. The number of nitrogens with one attached hydrogen (secondary N) is 1. The molecule has 1 aliphatic rings. The van der Waals surface area contributed by atoms with Gasteiger partial charge in [-0.15, -0.1) is 0 Å². The molecule has 0 amide bonds. The normalized spacial score (nSPS) is 16.0. The smallest absolute Gasteiger partial charge is 0.343 e. The molecule has 3 rings (SSSR count).